The molecule has 2 nitrogen and oxygen atoms in total. The van der Waals surface area contributed by atoms with Crippen LogP contribution in [0.15, 0.2) is 102 Å². The fourth-order valence-electron chi connectivity index (χ4n) is 4.64. The highest BCUT2D eigenvalue weighted by Gasteiger charge is 2.19. The van der Waals surface area contributed by atoms with Crippen molar-refractivity contribution >= 4 is 17.5 Å². The summed E-state index contributed by atoms with van der Waals surface area (Å²) in [5.41, 5.74) is 9.77. The molecule has 0 fully saturated rings. The Morgan fingerprint density at radius 3 is 2.19 bits per heavy atom. The molecule has 0 heterocycles. The average molecular weight is 482 g/mol. The smallest absolute Gasteiger partial charge is 0.128 e. The van der Waals surface area contributed by atoms with E-state index in [4.69, 9.17) is 0 Å². The first-order chi connectivity index (χ1) is 17.9. The highest BCUT2D eigenvalue weighted by Crippen LogP contribution is 2.33. The molecule has 4 aromatic carbocycles. The monoisotopic (exact) mass is 481 g/mol. The number of benzene rings is 4. The maximum Gasteiger partial charge on any atom is 0.128 e. The van der Waals surface area contributed by atoms with Crippen molar-refractivity contribution in [3.8, 4) is 17.6 Å². The van der Waals surface area contributed by atoms with Crippen LogP contribution in [0, 0.1) is 11.8 Å². The molecule has 0 saturated heterocycles. The predicted octanol–water partition coefficient (Wildman–Crippen LogP) is 8.02. The number of rotatable bonds is 4. The molecule has 37 heavy (non-hydrogen) atoms. The van der Waals surface area contributed by atoms with Crippen molar-refractivity contribution in [2.24, 2.45) is 4.99 Å². The zero-order chi connectivity index (χ0) is 25.8. The van der Waals surface area contributed by atoms with Crippen LogP contribution < -0.4 is 0 Å². The number of hydrogen-bond acceptors (Lipinski definition) is 2. The first-order valence-corrected chi connectivity index (χ1v) is 12.7. The third-order valence-corrected chi connectivity index (χ3v) is 6.73. The lowest BCUT2D eigenvalue weighted by atomic mass is 9.85. The quantitative estimate of drug-likeness (QED) is 0.232. The van der Waals surface area contributed by atoms with E-state index in [0.717, 1.165) is 35.2 Å². The molecule has 0 radical (unpaired) electrons. The van der Waals surface area contributed by atoms with Gasteiger partial charge in [0, 0.05) is 22.9 Å². The molecule has 5 rings (SSSR count). The Morgan fingerprint density at radius 2 is 1.49 bits per heavy atom. The normalized spacial score (nSPS) is 12.7. The van der Waals surface area contributed by atoms with Crippen LogP contribution in [0.4, 0.5) is 5.69 Å². The molecule has 4 aromatic rings. The van der Waals surface area contributed by atoms with Gasteiger partial charge < -0.3 is 5.11 Å². The van der Waals surface area contributed by atoms with Crippen LogP contribution in [0.5, 0.6) is 5.75 Å². The molecule has 0 aliphatic heterocycles. The summed E-state index contributed by atoms with van der Waals surface area (Å²) in [6.45, 7) is 6.26. The lowest BCUT2D eigenvalue weighted by molar-refractivity contribution is 0.446. The van der Waals surface area contributed by atoms with E-state index >= 15 is 0 Å². The molecule has 0 atom stereocenters. The molecule has 0 saturated carbocycles. The Bertz CT molecular complexity index is 1540. The van der Waals surface area contributed by atoms with E-state index < -0.39 is 0 Å². The third-order valence-electron chi connectivity index (χ3n) is 6.73. The number of aliphatic imine (C=N–C) groups is 1. The lowest BCUT2D eigenvalue weighted by Gasteiger charge is -2.21. The molecule has 1 N–H and O–H groups in total. The Balaban J connectivity index is 1.23. The summed E-state index contributed by atoms with van der Waals surface area (Å²) in [6.07, 6.45) is 6.04. The largest absolute Gasteiger partial charge is 0.507 e. The highest BCUT2D eigenvalue weighted by atomic mass is 16.3. The van der Waals surface area contributed by atoms with Crippen LogP contribution >= 0.6 is 0 Å². The zero-order valence-corrected chi connectivity index (χ0v) is 21.6. The van der Waals surface area contributed by atoms with Gasteiger partial charge in [0.1, 0.15) is 5.75 Å². The third kappa shape index (κ3) is 5.74. The van der Waals surface area contributed by atoms with Gasteiger partial charge in [0.05, 0.1) is 5.69 Å². The molecule has 0 bridgehead atoms. The first-order valence-electron chi connectivity index (χ1n) is 12.7. The minimum Gasteiger partial charge on any atom is -0.507 e. The van der Waals surface area contributed by atoms with Crippen molar-refractivity contribution in [2.45, 2.75) is 39.0 Å². The molecule has 2 heteroatoms. The molecule has 0 unspecified atom stereocenters. The van der Waals surface area contributed by atoms with Gasteiger partial charge in [-0.3, -0.25) is 4.99 Å². The maximum atomic E-state index is 10.6. The van der Waals surface area contributed by atoms with Crippen molar-refractivity contribution in [1.29, 1.82) is 0 Å². The summed E-state index contributed by atoms with van der Waals surface area (Å²) >= 11 is 0. The molecule has 0 aromatic heterocycles. The summed E-state index contributed by atoms with van der Waals surface area (Å²) in [5.74, 6) is 6.80. The Kier molecular flexibility index (Phi) is 6.80. The average Bonchev–Trinajstić information content (AvgIpc) is 3.30. The second-order valence-corrected chi connectivity index (χ2v) is 10.5. The van der Waals surface area contributed by atoms with Crippen molar-refractivity contribution < 1.29 is 5.11 Å². The van der Waals surface area contributed by atoms with Crippen molar-refractivity contribution in [1.82, 2.24) is 0 Å². The number of para-hydroxylation sites is 1. The second-order valence-electron chi connectivity index (χ2n) is 10.5. The maximum absolute atomic E-state index is 10.6. The summed E-state index contributed by atoms with van der Waals surface area (Å²) in [7, 11) is 0. The van der Waals surface area contributed by atoms with Crippen molar-refractivity contribution in [2.75, 3.05) is 0 Å². The van der Waals surface area contributed by atoms with E-state index in [0.29, 0.717) is 5.56 Å². The minimum absolute atomic E-state index is 0.131. The number of fused-ring (bicyclic) bond motifs is 1. The molecule has 182 valence electrons. The topological polar surface area (TPSA) is 32.6 Å². The summed E-state index contributed by atoms with van der Waals surface area (Å²) < 4.78 is 0. The first kappa shape index (κ1) is 24.3. The molecule has 0 amide bonds. The van der Waals surface area contributed by atoms with Gasteiger partial charge in [-0.2, -0.15) is 0 Å². The number of allylic oxidation sites excluding steroid dienone is 2. The molecule has 0 spiro atoms. The van der Waals surface area contributed by atoms with E-state index in [9.17, 15) is 5.11 Å². The number of hydrogen-bond donors (Lipinski definition) is 1. The van der Waals surface area contributed by atoms with Gasteiger partial charge in [-0.1, -0.05) is 87.2 Å². The van der Waals surface area contributed by atoms with E-state index in [1.54, 1.807) is 6.21 Å². The van der Waals surface area contributed by atoms with Gasteiger partial charge in [0.2, 0.25) is 0 Å². The van der Waals surface area contributed by atoms with Gasteiger partial charge in [0.25, 0.3) is 0 Å². The molecular formula is C35H31NO. The Hall–Kier alpha value is -4.35. The van der Waals surface area contributed by atoms with E-state index in [1.807, 2.05) is 42.5 Å². The summed E-state index contributed by atoms with van der Waals surface area (Å²) in [6, 6.07) is 30.8. The van der Waals surface area contributed by atoms with Crippen LogP contribution in [0.3, 0.4) is 0 Å². The predicted molar refractivity (Wildman–Crippen MR) is 155 cm³/mol. The minimum atomic E-state index is -0.131. The van der Waals surface area contributed by atoms with Crippen molar-refractivity contribution in [3.63, 3.8) is 0 Å². The van der Waals surface area contributed by atoms with E-state index in [2.05, 4.69) is 92.2 Å². The van der Waals surface area contributed by atoms with Gasteiger partial charge in [-0.25, -0.2) is 0 Å². The van der Waals surface area contributed by atoms with Crippen LogP contribution in [0.2, 0.25) is 0 Å². The lowest BCUT2D eigenvalue weighted by Crippen LogP contribution is -2.11. The fourth-order valence-corrected chi connectivity index (χ4v) is 4.64. The fraction of sp³-hybridized carbons (Fsp3) is 0.171. The number of phenols is 1. The Labute approximate surface area is 220 Å². The van der Waals surface area contributed by atoms with Gasteiger partial charge in [-0.15, -0.1) is 0 Å². The zero-order valence-electron chi connectivity index (χ0n) is 21.6. The number of nitrogens with zero attached hydrogens (tertiary/aromatic N) is 1. The van der Waals surface area contributed by atoms with E-state index in [1.165, 1.54) is 22.3 Å². The Morgan fingerprint density at radius 1 is 0.811 bits per heavy atom. The molecule has 1 aliphatic carbocycles. The van der Waals surface area contributed by atoms with Gasteiger partial charge in [-0.05, 0) is 88.5 Å². The second kappa shape index (κ2) is 10.3. The van der Waals surface area contributed by atoms with Crippen LogP contribution in [0.1, 0.15) is 59.7 Å². The van der Waals surface area contributed by atoms with E-state index in [-0.39, 0.29) is 11.2 Å². The summed E-state index contributed by atoms with van der Waals surface area (Å²) in [5, 5.41) is 10.6. The highest BCUT2D eigenvalue weighted by molar-refractivity contribution is 5.86. The number of phenolic OH excluding ortho intramolecular Hbond substituents is 1. The van der Waals surface area contributed by atoms with Gasteiger partial charge >= 0.3 is 0 Å². The van der Waals surface area contributed by atoms with Crippen LogP contribution in [0.25, 0.3) is 5.57 Å². The van der Waals surface area contributed by atoms with Crippen LogP contribution in [-0.2, 0) is 18.3 Å². The summed E-state index contributed by atoms with van der Waals surface area (Å²) in [4.78, 5) is 4.55. The standard InChI is InChI=1S/C35H31NO/c1-35(2,3)33-10-6-8-30(34(33)37)24-36-31-21-17-26(18-22-31)12-11-25-13-15-27(16-14-25)23-29-20-19-28-7-4-5-9-32(28)29/h4-10,13-18,20-22,24,37H,19,23H2,1-3H3. The van der Waals surface area contributed by atoms with Gasteiger partial charge in [0.15, 0.2) is 0 Å². The SMILES string of the molecule is CC(C)(C)c1cccc(C=Nc2ccc(C#Cc3ccc(CC4=CCc5ccccc54)cc3)cc2)c1O. The van der Waals surface area contributed by atoms with Crippen LogP contribution in [-0.4, -0.2) is 11.3 Å². The van der Waals surface area contributed by atoms with Crippen molar-refractivity contribution in [3.05, 3.63) is 136 Å². The number of aromatic hydroxyl groups is 1. The molecular weight excluding hydrogens is 450 g/mol. The molecule has 1 aliphatic rings.